The van der Waals surface area contributed by atoms with Crippen molar-refractivity contribution in [2.24, 2.45) is 0 Å². The van der Waals surface area contributed by atoms with Crippen LogP contribution in [0.5, 0.6) is 5.75 Å². The summed E-state index contributed by atoms with van der Waals surface area (Å²) in [5.74, 6) is -1.32. The largest absolute Gasteiger partial charge is 0.497 e. The maximum absolute atomic E-state index is 12.9. The van der Waals surface area contributed by atoms with Crippen LogP contribution in [-0.4, -0.2) is 48.2 Å². The molecule has 0 bridgehead atoms. The van der Waals surface area contributed by atoms with Gasteiger partial charge in [0.25, 0.3) is 5.91 Å². The molecular weight excluding hydrogens is 424 g/mol. The Morgan fingerprint density at radius 1 is 0.879 bits per heavy atom. The predicted molar refractivity (Wildman–Crippen MR) is 120 cm³/mol. The van der Waals surface area contributed by atoms with E-state index in [1.54, 1.807) is 48.5 Å². The van der Waals surface area contributed by atoms with Gasteiger partial charge in [-0.3, -0.25) is 19.2 Å². The van der Waals surface area contributed by atoms with Crippen molar-refractivity contribution in [3.05, 3.63) is 94.5 Å². The lowest BCUT2D eigenvalue weighted by Gasteiger charge is -2.19. The van der Waals surface area contributed by atoms with Crippen molar-refractivity contribution in [3.8, 4) is 5.75 Å². The Bertz CT molecular complexity index is 1270. The molecule has 1 aliphatic rings. The van der Waals surface area contributed by atoms with Crippen molar-refractivity contribution < 1.29 is 29.0 Å². The van der Waals surface area contributed by atoms with Gasteiger partial charge in [0, 0.05) is 33.5 Å². The number of anilines is 1. The number of carbonyl (C=O) groups is 4. The fourth-order valence-electron chi connectivity index (χ4n) is 3.58. The second kappa shape index (κ2) is 9.05. The van der Waals surface area contributed by atoms with Crippen molar-refractivity contribution in [3.63, 3.8) is 0 Å². The molecule has 33 heavy (non-hydrogen) atoms. The van der Waals surface area contributed by atoms with E-state index >= 15 is 0 Å². The fraction of sp³-hybridized carbons (Fsp3) is 0.120. The van der Waals surface area contributed by atoms with Crippen molar-refractivity contribution in [2.75, 3.05) is 19.0 Å². The van der Waals surface area contributed by atoms with E-state index in [0.29, 0.717) is 17.0 Å². The summed E-state index contributed by atoms with van der Waals surface area (Å²) >= 11 is 0. The monoisotopic (exact) mass is 444 g/mol. The Balaban J connectivity index is 1.51. The number of aliphatic hydroxyl groups excluding tert-OH is 1. The van der Waals surface area contributed by atoms with Gasteiger partial charge in [0.2, 0.25) is 5.91 Å². The summed E-state index contributed by atoms with van der Waals surface area (Å²) in [6.07, 6.45) is 0. The summed E-state index contributed by atoms with van der Waals surface area (Å²) in [7, 11) is 1.52. The molecule has 166 valence electrons. The third-order valence-corrected chi connectivity index (χ3v) is 5.35. The summed E-state index contributed by atoms with van der Waals surface area (Å²) in [5.41, 5.74) is 1.48. The molecule has 3 aromatic carbocycles. The van der Waals surface area contributed by atoms with Crippen LogP contribution in [0.2, 0.25) is 0 Å². The Morgan fingerprint density at radius 2 is 1.48 bits per heavy atom. The highest BCUT2D eigenvalue weighted by atomic mass is 16.5. The van der Waals surface area contributed by atoms with Gasteiger partial charge in [0.1, 0.15) is 11.8 Å². The van der Waals surface area contributed by atoms with Gasteiger partial charge in [-0.05, 0) is 42.5 Å². The number of amides is 2. The summed E-state index contributed by atoms with van der Waals surface area (Å²) in [6, 6.07) is 16.0. The number of hydrogen-bond acceptors (Lipinski definition) is 6. The van der Waals surface area contributed by atoms with Crippen LogP contribution in [0.15, 0.2) is 66.7 Å². The highest BCUT2D eigenvalue weighted by Gasteiger charge is 2.30. The normalized spacial score (nSPS) is 12.9. The Kier molecular flexibility index (Phi) is 6.01. The summed E-state index contributed by atoms with van der Waals surface area (Å²) in [6.45, 7) is -0.635. The molecule has 4 rings (SSSR count). The first-order chi connectivity index (χ1) is 15.9. The molecule has 0 aliphatic heterocycles. The number of benzene rings is 3. The molecule has 0 saturated carbocycles. The molecule has 2 amide bonds. The first kappa shape index (κ1) is 21.9. The number of fused-ring (bicyclic) bond motifs is 2. The number of aliphatic hydroxyl groups is 1. The molecule has 0 fully saturated rings. The first-order valence-electron chi connectivity index (χ1n) is 10.1. The van der Waals surface area contributed by atoms with Gasteiger partial charge in [-0.15, -0.1) is 0 Å². The van der Waals surface area contributed by atoms with E-state index in [1.165, 1.54) is 25.3 Å². The molecule has 0 saturated heterocycles. The molecule has 1 aliphatic carbocycles. The SMILES string of the molecule is COc1ccc(NC(=O)[C@H](CO)NC(=O)c2ccc3c(c2)C(=O)c2ccccc2C3=O)cc1. The number of hydrogen-bond donors (Lipinski definition) is 3. The zero-order valence-corrected chi connectivity index (χ0v) is 17.6. The highest BCUT2D eigenvalue weighted by Crippen LogP contribution is 2.28. The number of methoxy groups -OCH3 is 1. The molecule has 0 radical (unpaired) electrons. The van der Waals surface area contributed by atoms with Crippen LogP contribution < -0.4 is 15.4 Å². The molecule has 8 heteroatoms. The van der Waals surface area contributed by atoms with Gasteiger partial charge < -0.3 is 20.5 Å². The Hall–Kier alpha value is -4.30. The van der Waals surface area contributed by atoms with Crippen molar-refractivity contribution in [1.29, 1.82) is 0 Å². The Labute approximate surface area is 189 Å². The van der Waals surface area contributed by atoms with E-state index in [-0.39, 0.29) is 33.8 Å². The zero-order chi connectivity index (χ0) is 23.5. The number of carbonyl (C=O) groups excluding carboxylic acids is 4. The topological polar surface area (TPSA) is 122 Å². The van der Waals surface area contributed by atoms with Gasteiger partial charge in [-0.25, -0.2) is 0 Å². The second-order valence-corrected chi connectivity index (χ2v) is 7.39. The van der Waals surface area contributed by atoms with E-state index in [0.717, 1.165) is 0 Å². The van der Waals surface area contributed by atoms with Gasteiger partial charge in [-0.1, -0.05) is 24.3 Å². The molecule has 0 heterocycles. The predicted octanol–water partition coefficient (Wildman–Crippen LogP) is 2.20. The molecule has 8 nitrogen and oxygen atoms in total. The van der Waals surface area contributed by atoms with Crippen LogP contribution in [0.25, 0.3) is 0 Å². The van der Waals surface area contributed by atoms with E-state index in [2.05, 4.69) is 10.6 Å². The highest BCUT2D eigenvalue weighted by molar-refractivity contribution is 6.28. The van der Waals surface area contributed by atoms with Gasteiger partial charge >= 0.3 is 0 Å². The number of ether oxygens (including phenoxy) is 1. The lowest BCUT2D eigenvalue weighted by molar-refractivity contribution is -0.118. The summed E-state index contributed by atoms with van der Waals surface area (Å²) in [5, 5.41) is 14.7. The first-order valence-corrected chi connectivity index (χ1v) is 10.1. The van der Waals surface area contributed by atoms with E-state index in [4.69, 9.17) is 4.74 Å². The minimum absolute atomic E-state index is 0.0879. The van der Waals surface area contributed by atoms with Gasteiger partial charge in [-0.2, -0.15) is 0 Å². The molecule has 0 unspecified atom stereocenters. The van der Waals surface area contributed by atoms with Crippen LogP contribution in [-0.2, 0) is 4.79 Å². The number of nitrogens with one attached hydrogen (secondary N) is 2. The van der Waals surface area contributed by atoms with Crippen LogP contribution in [0.4, 0.5) is 5.69 Å². The standard InChI is InChI=1S/C25H20N2O6/c1-33-16-9-7-15(8-10-16)26-25(32)21(13-28)27-24(31)14-6-11-19-20(12-14)23(30)18-5-3-2-4-17(18)22(19)29/h2-12,21,28H,13H2,1H3,(H,26,32)(H,27,31)/t21-/m0/s1. The average molecular weight is 444 g/mol. The molecule has 1 atom stereocenters. The molecular formula is C25H20N2O6. The van der Waals surface area contributed by atoms with E-state index < -0.39 is 24.5 Å². The quantitative estimate of drug-likeness (QED) is 0.419. The van der Waals surface area contributed by atoms with Crippen LogP contribution in [0.1, 0.15) is 42.2 Å². The average Bonchev–Trinajstić information content (AvgIpc) is 2.85. The van der Waals surface area contributed by atoms with Crippen LogP contribution in [0.3, 0.4) is 0 Å². The molecule has 0 spiro atoms. The minimum atomic E-state index is -1.23. The fourth-order valence-corrected chi connectivity index (χ4v) is 3.58. The molecule has 3 N–H and O–H groups in total. The Morgan fingerprint density at radius 3 is 2.09 bits per heavy atom. The summed E-state index contributed by atoms with van der Waals surface area (Å²) in [4.78, 5) is 50.9. The smallest absolute Gasteiger partial charge is 0.252 e. The third-order valence-electron chi connectivity index (χ3n) is 5.35. The number of rotatable bonds is 6. The minimum Gasteiger partial charge on any atom is -0.497 e. The van der Waals surface area contributed by atoms with Crippen molar-refractivity contribution >= 4 is 29.1 Å². The molecule has 3 aromatic rings. The summed E-state index contributed by atoms with van der Waals surface area (Å²) < 4.78 is 5.06. The van der Waals surface area contributed by atoms with Crippen molar-refractivity contribution in [1.82, 2.24) is 5.32 Å². The number of ketones is 2. The third kappa shape index (κ3) is 4.24. The maximum Gasteiger partial charge on any atom is 0.252 e. The van der Waals surface area contributed by atoms with E-state index in [9.17, 15) is 24.3 Å². The van der Waals surface area contributed by atoms with Crippen molar-refractivity contribution in [2.45, 2.75) is 6.04 Å². The lowest BCUT2D eigenvalue weighted by Crippen LogP contribution is -2.46. The van der Waals surface area contributed by atoms with Gasteiger partial charge in [0.15, 0.2) is 11.6 Å². The maximum atomic E-state index is 12.9. The van der Waals surface area contributed by atoms with Crippen LogP contribution >= 0.6 is 0 Å². The molecule has 0 aromatic heterocycles. The van der Waals surface area contributed by atoms with Gasteiger partial charge in [0.05, 0.1) is 13.7 Å². The lowest BCUT2D eigenvalue weighted by atomic mass is 9.83. The van der Waals surface area contributed by atoms with E-state index in [1.807, 2.05) is 0 Å². The van der Waals surface area contributed by atoms with Crippen LogP contribution in [0, 0.1) is 0 Å². The second-order valence-electron chi connectivity index (χ2n) is 7.39. The zero-order valence-electron chi connectivity index (χ0n) is 17.6.